The molecule has 1 amide bonds. The average molecular weight is 283 g/mol. The number of carbonyl (C=O) groups is 1. The second kappa shape index (κ2) is 6.90. The van der Waals surface area contributed by atoms with Crippen molar-refractivity contribution in [3.63, 3.8) is 0 Å². The number of para-hydroxylation sites is 2. The maximum Gasteiger partial charge on any atom is 0.241 e. The molecule has 0 aliphatic heterocycles. The van der Waals surface area contributed by atoms with Crippen LogP contribution in [0.1, 0.15) is 12.5 Å². The molecule has 0 saturated carbocycles. The van der Waals surface area contributed by atoms with E-state index in [1.54, 1.807) is 12.1 Å². The first-order valence-corrected chi connectivity index (χ1v) is 6.97. The van der Waals surface area contributed by atoms with Gasteiger partial charge in [-0.2, -0.15) is 0 Å². The smallest absolute Gasteiger partial charge is 0.241 e. The molecule has 3 N–H and O–H groups in total. The number of nitrogens with zero attached hydrogens (tertiary/aromatic N) is 1. The highest BCUT2D eigenvalue weighted by Gasteiger charge is 2.18. The summed E-state index contributed by atoms with van der Waals surface area (Å²) in [6, 6.07) is 17.1. The number of carbonyl (C=O) groups excluding carboxylic acids is 1. The van der Waals surface area contributed by atoms with Gasteiger partial charge >= 0.3 is 0 Å². The third-order valence-electron chi connectivity index (χ3n) is 3.53. The fraction of sp³-hybridized carbons (Fsp3) is 0.235. The Morgan fingerprint density at radius 2 is 1.76 bits per heavy atom. The second-order valence-electron chi connectivity index (χ2n) is 5.15. The first-order valence-electron chi connectivity index (χ1n) is 6.97. The summed E-state index contributed by atoms with van der Waals surface area (Å²) in [7, 11) is 1.94. The van der Waals surface area contributed by atoms with Crippen LogP contribution in [0.5, 0.6) is 0 Å². The zero-order valence-corrected chi connectivity index (χ0v) is 12.4. The molecule has 1 unspecified atom stereocenters. The summed E-state index contributed by atoms with van der Waals surface area (Å²) in [4.78, 5) is 14.3. The summed E-state index contributed by atoms with van der Waals surface area (Å²) >= 11 is 0. The Kier molecular flexibility index (Phi) is 4.95. The Morgan fingerprint density at radius 1 is 1.14 bits per heavy atom. The van der Waals surface area contributed by atoms with Gasteiger partial charge in [0.1, 0.15) is 0 Å². The highest BCUT2D eigenvalue weighted by molar-refractivity contribution is 5.96. The molecule has 21 heavy (non-hydrogen) atoms. The summed E-state index contributed by atoms with van der Waals surface area (Å²) in [5.41, 5.74) is 8.25. The van der Waals surface area contributed by atoms with E-state index in [1.807, 2.05) is 49.2 Å². The SMILES string of the molecule is CC(C(=O)Nc1ccccc1N)N(C)Cc1ccccc1. The molecular weight excluding hydrogens is 262 g/mol. The number of hydrogen-bond donors (Lipinski definition) is 2. The molecule has 2 aromatic rings. The molecule has 0 radical (unpaired) electrons. The largest absolute Gasteiger partial charge is 0.397 e. The van der Waals surface area contributed by atoms with Gasteiger partial charge in [0, 0.05) is 6.54 Å². The van der Waals surface area contributed by atoms with Crippen LogP contribution in [0.4, 0.5) is 11.4 Å². The number of likely N-dealkylation sites (N-methyl/N-ethyl adjacent to an activating group) is 1. The molecular formula is C17H21N3O. The Labute approximate surface area is 125 Å². The lowest BCUT2D eigenvalue weighted by atomic mass is 10.2. The van der Waals surface area contributed by atoms with Crippen LogP contribution in [0.2, 0.25) is 0 Å². The fourth-order valence-electron chi connectivity index (χ4n) is 2.06. The minimum absolute atomic E-state index is 0.0636. The molecule has 0 aromatic heterocycles. The van der Waals surface area contributed by atoms with E-state index in [0.29, 0.717) is 11.4 Å². The van der Waals surface area contributed by atoms with Crippen molar-refractivity contribution in [2.45, 2.75) is 19.5 Å². The Balaban J connectivity index is 1.97. The number of nitrogens with one attached hydrogen (secondary N) is 1. The van der Waals surface area contributed by atoms with Crippen molar-refractivity contribution in [3.05, 3.63) is 60.2 Å². The number of nitrogens with two attached hydrogens (primary N) is 1. The lowest BCUT2D eigenvalue weighted by Gasteiger charge is -2.24. The monoisotopic (exact) mass is 283 g/mol. The first kappa shape index (κ1) is 15.1. The Morgan fingerprint density at radius 3 is 2.43 bits per heavy atom. The summed E-state index contributed by atoms with van der Waals surface area (Å²) in [5.74, 6) is -0.0636. The van der Waals surface area contributed by atoms with E-state index in [9.17, 15) is 4.79 Å². The van der Waals surface area contributed by atoms with Crippen LogP contribution in [0.15, 0.2) is 54.6 Å². The highest BCUT2D eigenvalue weighted by atomic mass is 16.2. The highest BCUT2D eigenvalue weighted by Crippen LogP contribution is 2.17. The molecule has 0 aliphatic rings. The van der Waals surface area contributed by atoms with Gasteiger partial charge in [0.2, 0.25) is 5.91 Å². The Hall–Kier alpha value is -2.33. The number of rotatable bonds is 5. The van der Waals surface area contributed by atoms with Crippen molar-refractivity contribution in [2.75, 3.05) is 18.1 Å². The summed E-state index contributed by atoms with van der Waals surface area (Å²) in [6.45, 7) is 2.61. The van der Waals surface area contributed by atoms with Gasteiger partial charge in [-0.1, -0.05) is 42.5 Å². The van der Waals surface area contributed by atoms with Gasteiger partial charge in [-0.15, -0.1) is 0 Å². The number of nitrogen functional groups attached to an aromatic ring is 1. The van der Waals surface area contributed by atoms with Crippen molar-refractivity contribution in [1.29, 1.82) is 0 Å². The summed E-state index contributed by atoms with van der Waals surface area (Å²) in [6.07, 6.45) is 0. The van der Waals surface area contributed by atoms with Gasteiger partial charge in [-0.3, -0.25) is 9.69 Å². The van der Waals surface area contributed by atoms with Gasteiger partial charge in [0.05, 0.1) is 17.4 Å². The Bertz CT molecular complexity index is 598. The minimum atomic E-state index is -0.246. The van der Waals surface area contributed by atoms with E-state index in [2.05, 4.69) is 17.4 Å². The zero-order valence-electron chi connectivity index (χ0n) is 12.4. The van der Waals surface area contributed by atoms with E-state index in [0.717, 1.165) is 6.54 Å². The molecule has 4 heteroatoms. The van der Waals surface area contributed by atoms with Crippen LogP contribution in [0.25, 0.3) is 0 Å². The van der Waals surface area contributed by atoms with Crippen LogP contribution >= 0.6 is 0 Å². The number of hydrogen-bond acceptors (Lipinski definition) is 3. The number of amides is 1. The quantitative estimate of drug-likeness (QED) is 0.830. The molecule has 0 heterocycles. The second-order valence-corrected chi connectivity index (χ2v) is 5.15. The average Bonchev–Trinajstić information content (AvgIpc) is 2.49. The number of anilines is 2. The van der Waals surface area contributed by atoms with Gasteiger partial charge in [0.15, 0.2) is 0 Å². The summed E-state index contributed by atoms with van der Waals surface area (Å²) < 4.78 is 0. The predicted octanol–water partition coefficient (Wildman–Crippen LogP) is 2.73. The lowest BCUT2D eigenvalue weighted by molar-refractivity contribution is -0.120. The van der Waals surface area contributed by atoms with Gasteiger partial charge < -0.3 is 11.1 Å². The van der Waals surface area contributed by atoms with Gasteiger partial charge in [-0.05, 0) is 31.7 Å². The van der Waals surface area contributed by atoms with E-state index >= 15 is 0 Å². The lowest BCUT2D eigenvalue weighted by Crippen LogP contribution is -2.39. The van der Waals surface area contributed by atoms with Gasteiger partial charge in [0.25, 0.3) is 0 Å². The molecule has 2 aromatic carbocycles. The van der Waals surface area contributed by atoms with Crippen molar-refractivity contribution in [2.24, 2.45) is 0 Å². The van der Waals surface area contributed by atoms with Crippen molar-refractivity contribution in [3.8, 4) is 0 Å². The van der Waals surface area contributed by atoms with Crippen LogP contribution in [0, 0.1) is 0 Å². The molecule has 4 nitrogen and oxygen atoms in total. The van der Waals surface area contributed by atoms with E-state index in [1.165, 1.54) is 5.56 Å². The predicted molar refractivity (Wildman–Crippen MR) is 86.9 cm³/mol. The third-order valence-corrected chi connectivity index (χ3v) is 3.53. The normalized spacial score (nSPS) is 12.1. The molecule has 0 bridgehead atoms. The van der Waals surface area contributed by atoms with E-state index < -0.39 is 0 Å². The van der Waals surface area contributed by atoms with E-state index in [-0.39, 0.29) is 11.9 Å². The molecule has 110 valence electrons. The summed E-state index contributed by atoms with van der Waals surface area (Å²) in [5, 5.41) is 2.87. The van der Waals surface area contributed by atoms with Crippen molar-refractivity contribution in [1.82, 2.24) is 4.90 Å². The third kappa shape index (κ3) is 4.07. The number of benzene rings is 2. The van der Waals surface area contributed by atoms with Gasteiger partial charge in [-0.25, -0.2) is 0 Å². The molecule has 0 saturated heterocycles. The maximum absolute atomic E-state index is 12.3. The standard InChI is InChI=1S/C17H21N3O/c1-13(20(2)12-14-8-4-3-5-9-14)17(21)19-16-11-7-6-10-15(16)18/h3-11,13H,12,18H2,1-2H3,(H,19,21). The van der Waals surface area contributed by atoms with Crippen molar-refractivity contribution < 1.29 is 4.79 Å². The first-order chi connectivity index (χ1) is 10.1. The molecule has 2 rings (SSSR count). The molecule has 0 spiro atoms. The minimum Gasteiger partial charge on any atom is -0.397 e. The van der Waals surface area contributed by atoms with Crippen LogP contribution in [0.3, 0.4) is 0 Å². The van der Waals surface area contributed by atoms with Crippen LogP contribution < -0.4 is 11.1 Å². The van der Waals surface area contributed by atoms with E-state index in [4.69, 9.17) is 5.73 Å². The fourth-order valence-corrected chi connectivity index (χ4v) is 2.06. The molecule has 1 atom stereocenters. The maximum atomic E-state index is 12.3. The molecule has 0 fully saturated rings. The molecule has 0 aliphatic carbocycles. The van der Waals surface area contributed by atoms with Crippen LogP contribution in [-0.2, 0) is 11.3 Å². The topological polar surface area (TPSA) is 58.4 Å². The van der Waals surface area contributed by atoms with Crippen LogP contribution in [-0.4, -0.2) is 23.9 Å². The zero-order chi connectivity index (χ0) is 15.2. The van der Waals surface area contributed by atoms with Crippen molar-refractivity contribution >= 4 is 17.3 Å².